The van der Waals surface area contributed by atoms with Crippen molar-refractivity contribution in [3.63, 3.8) is 0 Å². The highest BCUT2D eigenvalue weighted by molar-refractivity contribution is 6.35. The fourth-order valence-electron chi connectivity index (χ4n) is 2.76. The number of nitrogens with one attached hydrogen (secondary N) is 1. The monoisotopic (exact) mass is 348 g/mol. The van der Waals surface area contributed by atoms with Gasteiger partial charge in [0.25, 0.3) is 0 Å². The smallest absolute Gasteiger partial charge is 0.227 e. The predicted molar refractivity (Wildman–Crippen MR) is 95.0 cm³/mol. The van der Waals surface area contributed by atoms with Crippen molar-refractivity contribution in [2.75, 3.05) is 11.4 Å². The summed E-state index contributed by atoms with van der Waals surface area (Å²) in [6.07, 6.45) is 1.59. The van der Waals surface area contributed by atoms with Crippen molar-refractivity contribution in [2.24, 2.45) is 0 Å². The van der Waals surface area contributed by atoms with Gasteiger partial charge >= 0.3 is 0 Å². The van der Waals surface area contributed by atoms with E-state index in [2.05, 4.69) is 17.4 Å². The molecule has 0 unspecified atom stereocenters. The molecule has 3 nitrogen and oxygen atoms in total. The molecule has 0 spiro atoms. The summed E-state index contributed by atoms with van der Waals surface area (Å²) in [5, 5.41) is 4.68. The number of nitrogens with zero attached hydrogens (tertiary/aromatic N) is 1. The van der Waals surface area contributed by atoms with E-state index in [0.29, 0.717) is 23.0 Å². The lowest BCUT2D eigenvalue weighted by Crippen LogP contribution is -2.23. The second-order valence-electron chi connectivity index (χ2n) is 5.66. The zero-order valence-corrected chi connectivity index (χ0v) is 14.2. The van der Waals surface area contributed by atoms with Gasteiger partial charge in [-0.15, -0.1) is 0 Å². The molecular weight excluding hydrogens is 331 g/mol. The van der Waals surface area contributed by atoms with Gasteiger partial charge in [-0.25, -0.2) is 0 Å². The molecule has 0 bridgehead atoms. The van der Waals surface area contributed by atoms with E-state index >= 15 is 0 Å². The molecule has 1 aliphatic heterocycles. The van der Waals surface area contributed by atoms with Crippen molar-refractivity contribution < 1.29 is 4.79 Å². The fraction of sp³-hybridized carbons (Fsp3) is 0.278. The maximum absolute atomic E-state index is 11.8. The Hall–Kier alpha value is -1.55. The number of halogens is 2. The average Bonchev–Trinajstić information content (AvgIpc) is 2.96. The molecule has 1 heterocycles. The Morgan fingerprint density at radius 1 is 1.09 bits per heavy atom. The quantitative estimate of drug-likeness (QED) is 0.867. The topological polar surface area (TPSA) is 32.3 Å². The minimum absolute atomic E-state index is 0.211. The second kappa shape index (κ2) is 7.35. The van der Waals surface area contributed by atoms with Gasteiger partial charge in [0.2, 0.25) is 5.91 Å². The van der Waals surface area contributed by atoms with Gasteiger partial charge in [0.15, 0.2) is 0 Å². The molecule has 1 aliphatic rings. The van der Waals surface area contributed by atoms with Crippen molar-refractivity contribution in [3.05, 3.63) is 63.6 Å². The van der Waals surface area contributed by atoms with Gasteiger partial charge in [0.1, 0.15) is 0 Å². The Balaban J connectivity index is 1.61. The molecule has 2 aromatic carbocycles. The molecule has 120 valence electrons. The Morgan fingerprint density at radius 3 is 2.70 bits per heavy atom. The molecule has 23 heavy (non-hydrogen) atoms. The zero-order valence-electron chi connectivity index (χ0n) is 12.7. The van der Waals surface area contributed by atoms with Gasteiger partial charge < -0.3 is 10.2 Å². The Kier molecular flexibility index (Phi) is 5.21. The molecular formula is C18H18Cl2N2O. The van der Waals surface area contributed by atoms with Crippen molar-refractivity contribution in [2.45, 2.75) is 25.9 Å². The van der Waals surface area contributed by atoms with Crippen molar-refractivity contribution >= 4 is 34.8 Å². The molecule has 2 aromatic rings. The Labute approximate surface area is 146 Å². The fourth-order valence-corrected chi connectivity index (χ4v) is 3.24. The summed E-state index contributed by atoms with van der Waals surface area (Å²) < 4.78 is 0. The summed E-state index contributed by atoms with van der Waals surface area (Å²) in [4.78, 5) is 13.7. The number of hydrogen-bond donors (Lipinski definition) is 1. The van der Waals surface area contributed by atoms with E-state index in [1.54, 1.807) is 6.07 Å². The molecule has 0 radical (unpaired) electrons. The number of rotatable bonds is 5. The van der Waals surface area contributed by atoms with Crippen LogP contribution in [0.15, 0.2) is 42.5 Å². The van der Waals surface area contributed by atoms with E-state index in [1.807, 2.05) is 29.2 Å². The molecule has 1 fully saturated rings. The third-order valence-corrected chi connectivity index (χ3v) is 4.54. The van der Waals surface area contributed by atoms with Gasteiger partial charge in [-0.2, -0.15) is 0 Å². The molecule has 1 amide bonds. The molecule has 1 N–H and O–H groups in total. The minimum atomic E-state index is 0.211. The van der Waals surface area contributed by atoms with Crippen LogP contribution in [0, 0.1) is 0 Å². The molecule has 0 aliphatic carbocycles. The third kappa shape index (κ3) is 4.05. The Morgan fingerprint density at radius 2 is 1.96 bits per heavy atom. The highest BCUT2D eigenvalue weighted by atomic mass is 35.5. The van der Waals surface area contributed by atoms with Gasteiger partial charge in [0, 0.05) is 41.8 Å². The number of carbonyl (C=O) groups excluding carboxylic acids is 1. The summed E-state index contributed by atoms with van der Waals surface area (Å²) in [6, 6.07) is 13.6. The van der Waals surface area contributed by atoms with Gasteiger partial charge in [0.05, 0.1) is 0 Å². The van der Waals surface area contributed by atoms with Gasteiger partial charge in [-0.05, 0) is 41.8 Å². The van der Waals surface area contributed by atoms with Gasteiger partial charge in [-0.3, -0.25) is 4.79 Å². The van der Waals surface area contributed by atoms with E-state index in [-0.39, 0.29) is 5.91 Å². The van der Waals surface area contributed by atoms with E-state index in [4.69, 9.17) is 23.2 Å². The number of hydrogen-bond acceptors (Lipinski definition) is 2. The molecule has 3 rings (SSSR count). The highest BCUT2D eigenvalue weighted by Gasteiger charge is 2.21. The largest absolute Gasteiger partial charge is 0.312 e. The predicted octanol–water partition coefficient (Wildman–Crippen LogP) is 4.41. The van der Waals surface area contributed by atoms with Gasteiger partial charge in [-0.1, -0.05) is 41.4 Å². The summed E-state index contributed by atoms with van der Waals surface area (Å²) >= 11 is 12.1. The Bertz CT molecular complexity index is 718. The number of amides is 1. The van der Waals surface area contributed by atoms with Crippen LogP contribution in [0.25, 0.3) is 0 Å². The first-order valence-corrected chi connectivity index (χ1v) is 8.43. The van der Waals surface area contributed by atoms with E-state index in [9.17, 15) is 4.79 Å². The first-order valence-electron chi connectivity index (χ1n) is 7.67. The summed E-state index contributed by atoms with van der Waals surface area (Å²) in [7, 11) is 0. The molecule has 1 saturated heterocycles. The SMILES string of the molecule is O=C1CCCN1c1cccc(CNCc2ccc(Cl)cc2Cl)c1. The summed E-state index contributed by atoms with van der Waals surface area (Å²) in [5.74, 6) is 0.211. The molecule has 0 saturated carbocycles. The van der Waals surface area contributed by atoms with Crippen molar-refractivity contribution in [3.8, 4) is 0 Å². The minimum Gasteiger partial charge on any atom is -0.312 e. The molecule has 0 atom stereocenters. The van der Waals surface area contributed by atoms with Crippen LogP contribution in [0.4, 0.5) is 5.69 Å². The maximum Gasteiger partial charge on any atom is 0.227 e. The highest BCUT2D eigenvalue weighted by Crippen LogP contribution is 2.23. The first-order chi connectivity index (χ1) is 11.1. The lowest BCUT2D eigenvalue weighted by molar-refractivity contribution is -0.117. The second-order valence-corrected chi connectivity index (χ2v) is 6.50. The van der Waals surface area contributed by atoms with Crippen LogP contribution in [-0.4, -0.2) is 12.5 Å². The van der Waals surface area contributed by atoms with Crippen molar-refractivity contribution in [1.82, 2.24) is 5.32 Å². The first kappa shape index (κ1) is 16.3. The lowest BCUT2D eigenvalue weighted by atomic mass is 10.1. The zero-order chi connectivity index (χ0) is 16.2. The van der Waals surface area contributed by atoms with Crippen LogP contribution < -0.4 is 10.2 Å². The summed E-state index contributed by atoms with van der Waals surface area (Å²) in [5.41, 5.74) is 3.14. The summed E-state index contributed by atoms with van der Waals surface area (Å²) in [6.45, 7) is 2.20. The maximum atomic E-state index is 11.8. The average molecular weight is 349 g/mol. The number of anilines is 1. The van der Waals surface area contributed by atoms with E-state index in [0.717, 1.165) is 36.3 Å². The normalized spacial score (nSPS) is 14.5. The number of benzene rings is 2. The molecule has 5 heteroatoms. The van der Waals surface area contributed by atoms with Crippen LogP contribution in [0.5, 0.6) is 0 Å². The van der Waals surface area contributed by atoms with Crippen LogP contribution in [0.3, 0.4) is 0 Å². The molecule has 0 aromatic heterocycles. The van der Waals surface area contributed by atoms with Crippen LogP contribution >= 0.6 is 23.2 Å². The van der Waals surface area contributed by atoms with E-state index < -0.39 is 0 Å². The van der Waals surface area contributed by atoms with Crippen molar-refractivity contribution in [1.29, 1.82) is 0 Å². The lowest BCUT2D eigenvalue weighted by Gasteiger charge is -2.16. The van der Waals surface area contributed by atoms with Crippen LogP contribution in [0.1, 0.15) is 24.0 Å². The number of carbonyl (C=O) groups is 1. The van der Waals surface area contributed by atoms with Crippen LogP contribution in [-0.2, 0) is 17.9 Å². The standard InChI is InChI=1S/C18H18Cl2N2O/c19-15-7-6-14(17(20)10-15)12-21-11-13-3-1-4-16(9-13)22-8-2-5-18(22)23/h1,3-4,6-7,9-10,21H,2,5,8,11-12H2. The van der Waals surface area contributed by atoms with E-state index in [1.165, 1.54) is 0 Å². The third-order valence-electron chi connectivity index (χ3n) is 3.96. The van der Waals surface area contributed by atoms with Crippen LogP contribution in [0.2, 0.25) is 10.0 Å².